The molecule has 3 aromatic carbocycles. The fourth-order valence-electron chi connectivity index (χ4n) is 3.83. The molecule has 1 aliphatic rings. The average molecular weight is 413 g/mol. The topological polar surface area (TPSA) is 78.5 Å². The molecule has 156 valence electrons. The third-order valence-corrected chi connectivity index (χ3v) is 5.41. The van der Waals surface area contributed by atoms with E-state index in [0.29, 0.717) is 16.8 Å². The van der Waals surface area contributed by atoms with Crippen LogP contribution in [0.4, 0.5) is 10.5 Å². The molecule has 0 spiro atoms. The molecular weight excluding hydrogens is 390 g/mol. The number of hydrogen-bond acceptors (Lipinski definition) is 3. The monoisotopic (exact) mass is 413 g/mol. The lowest BCUT2D eigenvalue weighted by Gasteiger charge is -2.27. The number of urea groups is 1. The molecule has 1 atom stereocenters. The van der Waals surface area contributed by atoms with Crippen molar-refractivity contribution in [3.8, 4) is 0 Å². The molecule has 6 nitrogen and oxygen atoms in total. The molecule has 3 aromatic rings. The molecule has 0 radical (unpaired) electrons. The second kappa shape index (κ2) is 8.44. The van der Waals surface area contributed by atoms with Gasteiger partial charge in [-0.3, -0.25) is 14.5 Å². The Hall–Kier alpha value is -3.93. The molecule has 6 heteroatoms. The fourth-order valence-corrected chi connectivity index (χ4v) is 3.83. The number of carbonyl (C=O) groups is 3. The largest absolute Gasteiger partial charge is 0.335 e. The maximum Gasteiger partial charge on any atom is 0.319 e. The Morgan fingerprint density at radius 1 is 0.871 bits per heavy atom. The highest BCUT2D eigenvalue weighted by Crippen LogP contribution is 2.31. The summed E-state index contributed by atoms with van der Waals surface area (Å²) in [5.74, 6) is -0.711. The van der Waals surface area contributed by atoms with Gasteiger partial charge in [0.2, 0.25) is 0 Å². The van der Waals surface area contributed by atoms with E-state index >= 15 is 0 Å². The minimum Gasteiger partial charge on any atom is -0.335 e. The molecule has 4 rings (SSSR count). The van der Waals surface area contributed by atoms with Gasteiger partial charge in [0.1, 0.15) is 0 Å². The van der Waals surface area contributed by atoms with Crippen molar-refractivity contribution in [2.24, 2.45) is 0 Å². The lowest BCUT2D eigenvalue weighted by atomic mass is 10.1. The van der Waals surface area contributed by atoms with Crippen molar-refractivity contribution in [2.75, 3.05) is 11.9 Å². The minimum absolute atomic E-state index is 0.0895. The van der Waals surface area contributed by atoms with Crippen LogP contribution >= 0.6 is 0 Å². The lowest BCUT2D eigenvalue weighted by Crippen LogP contribution is -2.42. The second-order valence-corrected chi connectivity index (χ2v) is 7.61. The Morgan fingerprint density at radius 2 is 1.48 bits per heavy atom. The van der Waals surface area contributed by atoms with Gasteiger partial charge in [-0.1, -0.05) is 60.2 Å². The van der Waals surface area contributed by atoms with Gasteiger partial charge in [0, 0.05) is 12.2 Å². The highest BCUT2D eigenvalue weighted by Gasteiger charge is 2.40. The normalized spacial score (nSPS) is 13.7. The van der Waals surface area contributed by atoms with Crippen LogP contribution in [0.1, 0.15) is 43.4 Å². The number of benzene rings is 3. The average Bonchev–Trinajstić information content (AvgIpc) is 3.02. The number of rotatable bonds is 5. The van der Waals surface area contributed by atoms with Crippen molar-refractivity contribution in [3.63, 3.8) is 0 Å². The van der Waals surface area contributed by atoms with Gasteiger partial charge in [0.15, 0.2) is 0 Å². The number of amides is 4. The summed E-state index contributed by atoms with van der Waals surface area (Å²) in [5, 5.41) is 5.66. The predicted molar refractivity (Wildman–Crippen MR) is 119 cm³/mol. The molecule has 0 saturated heterocycles. The second-order valence-electron chi connectivity index (χ2n) is 7.61. The Kier molecular flexibility index (Phi) is 5.54. The highest BCUT2D eigenvalue weighted by molar-refractivity contribution is 6.21. The van der Waals surface area contributed by atoms with Crippen LogP contribution in [0, 0.1) is 13.8 Å². The Bertz CT molecular complexity index is 1120. The van der Waals surface area contributed by atoms with Crippen molar-refractivity contribution < 1.29 is 14.4 Å². The van der Waals surface area contributed by atoms with Gasteiger partial charge in [-0.15, -0.1) is 0 Å². The summed E-state index contributed by atoms with van der Waals surface area (Å²) in [6, 6.07) is 20.8. The number of nitrogens with one attached hydrogen (secondary N) is 2. The smallest absolute Gasteiger partial charge is 0.319 e. The lowest BCUT2D eigenvalue weighted by molar-refractivity contribution is 0.0582. The number of carbonyl (C=O) groups excluding carboxylic acids is 3. The molecule has 0 saturated carbocycles. The first kappa shape index (κ1) is 20.3. The van der Waals surface area contributed by atoms with Gasteiger partial charge in [0.05, 0.1) is 17.2 Å². The van der Waals surface area contributed by atoms with Crippen LogP contribution in [0.2, 0.25) is 0 Å². The van der Waals surface area contributed by atoms with E-state index in [0.717, 1.165) is 16.7 Å². The van der Waals surface area contributed by atoms with Crippen LogP contribution in [0.3, 0.4) is 0 Å². The zero-order valence-electron chi connectivity index (χ0n) is 17.4. The molecule has 1 heterocycles. The number of imide groups is 1. The minimum atomic E-state index is -0.626. The molecule has 0 fully saturated rings. The molecule has 0 aliphatic carbocycles. The number of aryl methyl sites for hydroxylation is 2. The first-order valence-corrected chi connectivity index (χ1v) is 10.1. The quantitative estimate of drug-likeness (QED) is 0.606. The Morgan fingerprint density at radius 3 is 2.10 bits per heavy atom. The Balaban J connectivity index is 1.55. The summed E-state index contributed by atoms with van der Waals surface area (Å²) in [4.78, 5) is 39.8. The van der Waals surface area contributed by atoms with Crippen molar-refractivity contribution in [1.82, 2.24) is 10.2 Å². The van der Waals surface area contributed by atoms with Crippen LogP contribution in [-0.4, -0.2) is 29.3 Å². The van der Waals surface area contributed by atoms with E-state index in [2.05, 4.69) is 10.6 Å². The van der Waals surface area contributed by atoms with Crippen LogP contribution in [0.15, 0.2) is 72.8 Å². The predicted octanol–water partition coefficient (Wildman–Crippen LogP) is 4.46. The van der Waals surface area contributed by atoms with Crippen LogP contribution < -0.4 is 10.6 Å². The standard InChI is InChI=1S/C25H23N3O3/c1-16-12-13-21(17(2)14-16)27-25(31)26-15-22(18-8-4-3-5-9-18)28-23(29)19-10-6-7-11-20(19)24(28)30/h3-14,22H,15H2,1-2H3,(H2,26,27,31). The zero-order valence-corrected chi connectivity index (χ0v) is 17.4. The summed E-state index contributed by atoms with van der Waals surface area (Å²) in [5.41, 5.74) is 4.30. The molecule has 4 amide bonds. The number of hydrogen-bond donors (Lipinski definition) is 2. The van der Waals surface area contributed by atoms with Gasteiger partial charge in [-0.05, 0) is 43.2 Å². The zero-order chi connectivity index (χ0) is 22.0. The molecule has 31 heavy (non-hydrogen) atoms. The van der Waals surface area contributed by atoms with E-state index in [-0.39, 0.29) is 18.4 Å². The summed E-state index contributed by atoms with van der Waals surface area (Å²) >= 11 is 0. The molecule has 1 unspecified atom stereocenters. The van der Waals surface area contributed by atoms with E-state index in [1.807, 2.05) is 62.4 Å². The summed E-state index contributed by atoms with van der Waals surface area (Å²) in [6.07, 6.45) is 0. The first-order valence-electron chi connectivity index (χ1n) is 10.1. The van der Waals surface area contributed by atoms with Crippen molar-refractivity contribution in [2.45, 2.75) is 19.9 Å². The summed E-state index contributed by atoms with van der Waals surface area (Å²) in [7, 11) is 0. The molecule has 1 aliphatic heterocycles. The molecule has 0 bridgehead atoms. The number of fused-ring (bicyclic) bond motifs is 1. The van der Waals surface area contributed by atoms with Gasteiger partial charge in [0.25, 0.3) is 11.8 Å². The summed E-state index contributed by atoms with van der Waals surface area (Å²) in [6.45, 7) is 4.00. The number of nitrogens with zero attached hydrogens (tertiary/aromatic N) is 1. The van der Waals surface area contributed by atoms with Gasteiger partial charge in [-0.25, -0.2) is 4.79 Å². The SMILES string of the molecule is Cc1ccc(NC(=O)NCC(c2ccccc2)N2C(=O)c3ccccc3C2=O)c(C)c1. The maximum absolute atomic E-state index is 13.0. The van der Waals surface area contributed by atoms with Crippen LogP contribution in [-0.2, 0) is 0 Å². The van der Waals surface area contributed by atoms with Crippen molar-refractivity contribution in [3.05, 3.63) is 101 Å². The van der Waals surface area contributed by atoms with E-state index in [1.165, 1.54) is 4.90 Å². The van der Waals surface area contributed by atoms with E-state index in [4.69, 9.17) is 0 Å². The van der Waals surface area contributed by atoms with Gasteiger partial charge < -0.3 is 10.6 Å². The van der Waals surface area contributed by atoms with Gasteiger partial charge in [-0.2, -0.15) is 0 Å². The number of anilines is 1. The maximum atomic E-state index is 13.0. The van der Waals surface area contributed by atoms with E-state index in [1.54, 1.807) is 24.3 Å². The molecular formula is C25H23N3O3. The van der Waals surface area contributed by atoms with Crippen LogP contribution in [0.5, 0.6) is 0 Å². The van der Waals surface area contributed by atoms with E-state index < -0.39 is 12.1 Å². The summed E-state index contributed by atoms with van der Waals surface area (Å²) < 4.78 is 0. The fraction of sp³-hybridized carbons (Fsp3) is 0.160. The molecule has 2 N–H and O–H groups in total. The van der Waals surface area contributed by atoms with E-state index in [9.17, 15) is 14.4 Å². The molecule has 0 aromatic heterocycles. The van der Waals surface area contributed by atoms with Gasteiger partial charge >= 0.3 is 6.03 Å². The first-order chi connectivity index (χ1) is 15.0. The highest BCUT2D eigenvalue weighted by atomic mass is 16.2. The van der Waals surface area contributed by atoms with Crippen molar-refractivity contribution in [1.29, 1.82) is 0 Å². The third-order valence-electron chi connectivity index (χ3n) is 5.41. The van der Waals surface area contributed by atoms with Crippen LogP contribution in [0.25, 0.3) is 0 Å². The Labute approximate surface area is 180 Å². The van der Waals surface area contributed by atoms with Crippen molar-refractivity contribution >= 4 is 23.5 Å². The third kappa shape index (κ3) is 4.05.